The first-order chi connectivity index (χ1) is 10.2. The van der Waals surface area contributed by atoms with Crippen LogP contribution < -0.4 is 10.1 Å². The van der Waals surface area contributed by atoms with Crippen LogP contribution in [0.1, 0.15) is 18.1 Å². The van der Waals surface area contributed by atoms with Crippen molar-refractivity contribution in [2.45, 2.75) is 20.1 Å². The van der Waals surface area contributed by atoms with Crippen molar-refractivity contribution in [2.24, 2.45) is 0 Å². The number of aliphatic hydroxyl groups is 1. The number of halogens is 2. The Morgan fingerprint density at radius 3 is 2.43 bits per heavy atom. The standard InChI is InChI=1S/C16H17Br2NO2/c1-2-21-16-13(17)7-11(8-14(16)18)9-19-15-6-4-3-5-12(15)10-20/h3-8,19-20H,2,9-10H2,1H3. The summed E-state index contributed by atoms with van der Waals surface area (Å²) >= 11 is 7.06. The smallest absolute Gasteiger partial charge is 0.147 e. The van der Waals surface area contributed by atoms with Gasteiger partial charge in [-0.05, 0) is 62.5 Å². The minimum atomic E-state index is 0.0276. The Bertz CT molecular complexity index is 594. The quantitative estimate of drug-likeness (QED) is 0.718. The van der Waals surface area contributed by atoms with E-state index in [1.54, 1.807) is 0 Å². The third-order valence-corrected chi connectivity index (χ3v) is 4.20. The molecule has 0 bridgehead atoms. The number of aliphatic hydroxyl groups excluding tert-OH is 1. The number of rotatable bonds is 6. The molecule has 0 unspecified atom stereocenters. The lowest BCUT2D eigenvalue weighted by molar-refractivity contribution is 0.282. The van der Waals surface area contributed by atoms with E-state index in [0.717, 1.165) is 31.5 Å². The van der Waals surface area contributed by atoms with Crippen LogP contribution >= 0.6 is 31.9 Å². The van der Waals surface area contributed by atoms with Crippen LogP contribution in [-0.2, 0) is 13.2 Å². The van der Waals surface area contributed by atoms with Crippen LogP contribution in [0, 0.1) is 0 Å². The Hall–Kier alpha value is -1.04. The fraction of sp³-hybridized carbons (Fsp3) is 0.250. The highest BCUT2D eigenvalue weighted by Crippen LogP contribution is 2.35. The molecule has 0 aromatic heterocycles. The Morgan fingerprint density at radius 2 is 1.81 bits per heavy atom. The lowest BCUT2D eigenvalue weighted by atomic mass is 10.1. The first-order valence-electron chi connectivity index (χ1n) is 6.69. The summed E-state index contributed by atoms with van der Waals surface area (Å²) in [5, 5.41) is 12.7. The average Bonchev–Trinajstić information content (AvgIpc) is 2.49. The van der Waals surface area contributed by atoms with Gasteiger partial charge in [-0.2, -0.15) is 0 Å². The molecule has 0 amide bonds. The van der Waals surface area contributed by atoms with Gasteiger partial charge in [-0.3, -0.25) is 0 Å². The zero-order valence-electron chi connectivity index (χ0n) is 11.7. The number of nitrogens with one attached hydrogen (secondary N) is 1. The van der Waals surface area contributed by atoms with Crippen LogP contribution in [0.15, 0.2) is 45.3 Å². The molecule has 0 fully saturated rings. The van der Waals surface area contributed by atoms with Gasteiger partial charge in [-0.15, -0.1) is 0 Å². The van der Waals surface area contributed by atoms with Crippen molar-refractivity contribution in [3.63, 3.8) is 0 Å². The normalized spacial score (nSPS) is 10.5. The highest BCUT2D eigenvalue weighted by Gasteiger charge is 2.09. The maximum atomic E-state index is 9.33. The molecule has 2 rings (SSSR count). The van der Waals surface area contributed by atoms with Gasteiger partial charge >= 0.3 is 0 Å². The third-order valence-electron chi connectivity index (χ3n) is 3.02. The lowest BCUT2D eigenvalue weighted by Gasteiger charge is -2.13. The minimum Gasteiger partial charge on any atom is -0.492 e. The Kier molecular flexibility index (Phi) is 6.08. The average molecular weight is 415 g/mol. The van der Waals surface area contributed by atoms with Crippen LogP contribution in [0.5, 0.6) is 5.75 Å². The second kappa shape index (κ2) is 7.82. The maximum absolute atomic E-state index is 9.33. The Balaban J connectivity index is 2.13. The van der Waals surface area contributed by atoms with Crippen LogP contribution in [0.25, 0.3) is 0 Å². The molecular formula is C16H17Br2NO2. The second-order valence-electron chi connectivity index (χ2n) is 4.49. The molecule has 0 radical (unpaired) electrons. The number of para-hydroxylation sites is 1. The summed E-state index contributed by atoms with van der Waals surface area (Å²) in [6.45, 7) is 3.28. The Labute approximate surface area is 141 Å². The zero-order chi connectivity index (χ0) is 15.2. The van der Waals surface area contributed by atoms with Gasteiger partial charge in [0.05, 0.1) is 22.2 Å². The third kappa shape index (κ3) is 4.22. The Morgan fingerprint density at radius 1 is 1.14 bits per heavy atom. The fourth-order valence-electron chi connectivity index (χ4n) is 2.02. The summed E-state index contributed by atoms with van der Waals surface area (Å²) in [7, 11) is 0. The predicted molar refractivity (Wildman–Crippen MR) is 92.7 cm³/mol. The molecule has 0 saturated carbocycles. The number of anilines is 1. The summed E-state index contributed by atoms with van der Waals surface area (Å²) in [5.74, 6) is 0.817. The summed E-state index contributed by atoms with van der Waals surface area (Å²) in [4.78, 5) is 0. The molecule has 0 aliphatic rings. The second-order valence-corrected chi connectivity index (χ2v) is 6.20. The number of ether oxygens (including phenoxy) is 1. The van der Waals surface area contributed by atoms with Crippen molar-refractivity contribution in [1.82, 2.24) is 0 Å². The van der Waals surface area contributed by atoms with E-state index in [9.17, 15) is 5.11 Å². The topological polar surface area (TPSA) is 41.5 Å². The van der Waals surface area contributed by atoms with Gasteiger partial charge < -0.3 is 15.2 Å². The first-order valence-corrected chi connectivity index (χ1v) is 8.27. The first kappa shape index (κ1) is 16.3. The van der Waals surface area contributed by atoms with Gasteiger partial charge in [0.2, 0.25) is 0 Å². The molecular weight excluding hydrogens is 398 g/mol. The molecule has 2 N–H and O–H groups in total. The van der Waals surface area contributed by atoms with Gasteiger partial charge in [0.15, 0.2) is 0 Å². The summed E-state index contributed by atoms with van der Waals surface area (Å²) in [6, 6.07) is 11.8. The van der Waals surface area contributed by atoms with E-state index in [-0.39, 0.29) is 6.61 Å². The van der Waals surface area contributed by atoms with E-state index in [4.69, 9.17) is 4.74 Å². The molecule has 2 aromatic rings. The fourth-order valence-corrected chi connectivity index (χ4v) is 3.53. The lowest BCUT2D eigenvalue weighted by Crippen LogP contribution is -2.03. The maximum Gasteiger partial charge on any atom is 0.147 e. The van der Waals surface area contributed by atoms with Gasteiger partial charge in [0, 0.05) is 17.8 Å². The highest BCUT2D eigenvalue weighted by atomic mass is 79.9. The van der Waals surface area contributed by atoms with E-state index in [1.165, 1.54) is 0 Å². The summed E-state index contributed by atoms with van der Waals surface area (Å²) in [6.07, 6.45) is 0. The van der Waals surface area contributed by atoms with Gasteiger partial charge in [0.1, 0.15) is 5.75 Å². The molecule has 112 valence electrons. The van der Waals surface area contributed by atoms with Crippen LogP contribution in [-0.4, -0.2) is 11.7 Å². The molecule has 5 heteroatoms. The molecule has 0 saturated heterocycles. The minimum absolute atomic E-state index is 0.0276. The van der Waals surface area contributed by atoms with Gasteiger partial charge in [-0.25, -0.2) is 0 Å². The molecule has 0 spiro atoms. The predicted octanol–water partition coefficient (Wildman–Crippen LogP) is 4.71. The van der Waals surface area contributed by atoms with Gasteiger partial charge in [-0.1, -0.05) is 18.2 Å². The zero-order valence-corrected chi connectivity index (χ0v) is 14.9. The molecule has 0 atom stereocenters. The van der Waals surface area contributed by atoms with E-state index < -0.39 is 0 Å². The van der Waals surface area contributed by atoms with Crippen LogP contribution in [0.2, 0.25) is 0 Å². The largest absolute Gasteiger partial charge is 0.492 e. The van der Waals surface area contributed by atoms with Crippen molar-refractivity contribution >= 4 is 37.5 Å². The van der Waals surface area contributed by atoms with Crippen molar-refractivity contribution in [1.29, 1.82) is 0 Å². The van der Waals surface area contributed by atoms with Crippen LogP contribution in [0.4, 0.5) is 5.69 Å². The number of benzene rings is 2. The van der Waals surface area contributed by atoms with E-state index in [2.05, 4.69) is 37.2 Å². The molecule has 21 heavy (non-hydrogen) atoms. The molecule has 2 aromatic carbocycles. The van der Waals surface area contributed by atoms with E-state index >= 15 is 0 Å². The van der Waals surface area contributed by atoms with E-state index in [1.807, 2.05) is 43.3 Å². The highest BCUT2D eigenvalue weighted by molar-refractivity contribution is 9.11. The van der Waals surface area contributed by atoms with Crippen molar-refractivity contribution < 1.29 is 9.84 Å². The number of hydrogen-bond donors (Lipinski definition) is 2. The van der Waals surface area contributed by atoms with Crippen molar-refractivity contribution in [3.8, 4) is 5.75 Å². The monoisotopic (exact) mass is 413 g/mol. The molecule has 3 nitrogen and oxygen atoms in total. The molecule has 0 aliphatic heterocycles. The van der Waals surface area contributed by atoms with E-state index in [0.29, 0.717) is 13.2 Å². The van der Waals surface area contributed by atoms with Gasteiger partial charge in [0.25, 0.3) is 0 Å². The summed E-state index contributed by atoms with van der Waals surface area (Å²) < 4.78 is 7.42. The van der Waals surface area contributed by atoms with Crippen molar-refractivity contribution in [3.05, 3.63) is 56.5 Å². The SMILES string of the molecule is CCOc1c(Br)cc(CNc2ccccc2CO)cc1Br. The van der Waals surface area contributed by atoms with Crippen LogP contribution in [0.3, 0.4) is 0 Å². The molecule has 0 aliphatic carbocycles. The summed E-state index contributed by atoms with van der Waals surface area (Å²) in [5.41, 5.74) is 2.95. The van der Waals surface area contributed by atoms with Crippen molar-refractivity contribution in [2.75, 3.05) is 11.9 Å². The number of hydrogen-bond acceptors (Lipinski definition) is 3. The molecule has 0 heterocycles.